The smallest absolute Gasteiger partial charge is 0.310 e. The molecule has 4 aromatic rings. The summed E-state index contributed by atoms with van der Waals surface area (Å²) in [6.45, 7) is 4.19. The Hall–Kier alpha value is -2.74. The zero-order chi connectivity index (χ0) is 23.9. The molecule has 4 rings (SSSR count). The molecule has 0 radical (unpaired) electrons. The molecule has 0 bridgehead atoms. The molecule has 0 amide bonds. The van der Waals surface area contributed by atoms with Crippen molar-refractivity contribution >= 4 is 34.9 Å². The van der Waals surface area contributed by atoms with E-state index in [1.807, 2.05) is 77.6 Å². The molecule has 4 nitrogen and oxygen atoms in total. The number of carbonyl (C=O) groups is 2. The van der Waals surface area contributed by atoms with Crippen LogP contribution in [0.15, 0.2) is 89.4 Å². The van der Waals surface area contributed by atoms with E-state index in [4.69, 9.17) is 4.74 Å². The Kier molecular flexibility index (Phi) is 9.83. The highest BCUT2D eigenvalue weighted by Crippen LogP contribution is 2.40. The number of thioether (sulfide) groups is 1. The zero-order valence-electron chi connectivity index (χ0n) is 19.6. The molecule has 0 unspecified atom stereocenters. The van der Waals surface area contributed by atoms with Gasteiger partial charge in [-0.1, -0.05) is 60.7 Å². The number of esters is 1. The van der Waals surface area contributed by atoms with E-state index in [-0.39, 0.29) is 35.2 Å². The normalized spacial score (nSPS) is 10.5. The highest BCUT2D eigenvalue weighted by Gasteiger charge is 2.31. The van der Waals surface area contributed by atoms with E-state index >= 15 is 0 Å². The van der Waals surface area contributed by atoms with Crippen molar-refractivity contribution in [2.45, 2.75) is 30.2 Å². The van der Waals surface area contributed by atoms with Gasteiger partial charge in [0.25, 0.3) is 0 Å². The molecule has 2 aromatic heterocycles. The van der Waals surface area contributed by atoms with Crippen LogP contribution in [0.5, 0.6) is 0 Å². The number of hydrogen-bond donors (Lipinski definition) is 0. The van der Waals surface area contributed by atoms with Crippen LogP contribution >= 0.6 is 23.1 Å². The first-order chi connectivity index (χ1) is 16.6. The van der Waals surface area contributed by atoms with Crippen LogP contribution in [0.25, 0.3) is 5.69 Å². The summed E-state index contributed by atoms with van der Waals surface area (Å²) in [5.41, 5.74) is 4.66. The third-order valence-corrected chi connectivity index (χ3v) is 7.94. The minimum absolute atomic E-state index is 0. The largest absolute Gasteiger partial charge is 1.00 e. The summed E-state index contributed by atoms with van der Waals surface area (Å²) in [6.07, 6.45) is 3.94. The van der Waals surface area contributed by atoms with Crippen molar-refractivity contribution in [3.8, 4) is 5.69 Å². The SMILES string of the molecule is CCOC(=O)Cc1c(C(=O)c2ccccc2)sc(SCc2ccccc2C)c1-[n+]1ccccc1.[Br-]. The third-order valence-electron chi connectivity index (χ3n) is 5.41. The number of hydrogen-bond acceptors (Lipinski definition) is 5. The van der Waals surface area contributed by atoms with Crippen molar-refractivity contribution in [3.05, 3.63) is 112 Å². The van der Waals surface area contributed by atoms with Gasteiger partial charge in [-0.05, 0) is 25.0 Å². The lowest BCUT2D eigenvalue weighted by molar-refractivity contribution is -0.598. The van der Waals surface area contributed by atoms with Gasteiger partial charge in [0.05, 0.1) is 23.5 Å². The molecule has 0 saturated carbocycles. The summed E-state index contributed by atoms with van der Waals surface area (Å²) >= 11 is 3.14. The molecule has 0 aliphatic rings. The van der Waals surface area contributed by atoms with Crippen molar-refractivity contribution in [1.29, 1.82) is 0 Å². The van der Waals surface area contributed by atoms with Crippen LogP contribution < -0.4 is 21.5 Å². The van der Waals surface area contributed by atoms with Crippen LogP contribution in [-0.4, -0.2) is 18.4 Å². The lowest BCUT2D eigenvalue weighted by Gasteiger charge is -2.06. The number of halogens is 1. The summed E-state index contributed by atoms with van der Waals surface area (Å²) in [5.74, 6) is 0.354. The van der Waals surface area contributed by atoms with E-state index in [1.165, 1.54) is 22.5 Å². The van der Waals surface area contributed by atoms with Crippen LogP contribution in [0.3, 0.4) is 0 Å². The Balaban J connectivity index is 0.00000342. The molecule has 7 heteroatoms. The van der Waals surface area contributed by atoms with Gasteiger partial charge in [-0.15, -0.1) is 23.1 Å². The summed E-state index contributed by atoms with van der Waals surface area (Å²) in [4.78, 5) is 26.7. The van der Waals surface area contributed by atoms with E-state index in [9.17, 15) is 9.59 Å². The summed E-state index contributed by atoms with van der Waals surface area (Å²) < 4.78 is 8.26. The Morgan fingerprint density at radius 3 is 2.29 bits per heavy atom. The topological polar surface area (TPSA) is 47.3 Å². The number of nitrogens with zero attached hydrogens (tertiary/aromatic N) is 1. The molecule has 180 valence electrons. The monoisotopic (exact) mass is 567 g/mol. The average molecular weight is 569 g/mol. The van der Waals surface area contributed by atoms with E-state index in [0.717, 1.165) is 15.6 Å². The van der Waals surface area contributed by atoms with Gasteiger partial charge in [0.15, 0.2) is 12.4 Å². The van der Waals surface area contributed by atoms with Gasteiger partial charge in [-0.25, -0.2) is 0 Å². The third kappa shape index (κ3) is 6.48. The molecule has 2 aromatic carbocycles. The summed E-state index contributed by atoms with van der Waals surface area (Å²) in [5, 5.41) is 0. The number of pyridine rings is 1. The molecule has 0 N–H and O–H groups in total. The predicted molar refractivity (Wildman–Crippen MR) is 137 cm³/mol. The van der Waals surface area contributed by atoms with E-state index in [2.05, 4.69) is 19.1 Å². The first-order valence-electron chi connectivity index (χ1n) is 11.1. The van der Waals surface area contributed by atoms with Crippen LogP contribution in [0, 0.1) is 6.92 Å². The van der Waals surface area contributed by atoms with Gasteiger partial charge in [0.1, 0.15) is 4.21 Å². The summed E-state index contributed by atoms with van der Waals surface area (Å²) in [6, 6.07) is 23.4. The lowest BCUT2D eigenvalue weighted by Crippen LogP contribution is -3.00. The lowest BCUT2D eigenvalue weighted by atomic mass is 10.0. The molecule has 0 atom stereocenters. The van der Waals surface area contributed by atoms with Gasteiger partial charge in [-0.2, -0.15) is 4.57 Å². The zero-order valence-corrected chi connectivity index (χ0v) is 22.8. The second kappa shape index (κ2) is 12.8. The predicted octanol–water partition coefficient (Wildman–Crippen LogP) is 2.97. The Bertz CT molecular complexity index is 1290. The average Bonchev–Trinajstić information content (AvgIpc) is 3.22. The number of rotatable bonds is 9. The van der Waals surface area contributed by atoms with Crippen LogP contribution in [-0.2, 0) is 21.7 Å². The van der Waals surface area contributed by atoms with Gasteiger partial charge >= 0.3 is 5.97 Å². The quantitative estimate of drug-likeness (QED) is 0.135. The fourth-order valence-electron chi connectivity index (χ4n) is 3.68. The minimum atomic E-state index is -0.337. The van der Waals surface area contributed by atoms with Crippen molar-refractivity contribution in [2.75, 3.05) is 6.61 Å². The molecule has 0 saturated heterocycles. The number of ether oxygens (including phenoxy) is 1. The fourth-order valence-corrected chi connectivity index (χ4v) is 6.33. The molecule has 0 spiro atoms. The van der Waals surface area contributed by atoms with Crippen LogP contribution in [0.4, 0.5) is 0 Å². The van der Waals surface area contributed by atoms with Crippen molar-refractivity contribution < 1.29 is 35.9 Å². The first kappa shape index (κ1) is 26.9. The van der Waals surface area contributed by atoms with Crippen molar-refractivity contribution in [1.82, 2.24) is 0 Å². The summed E-state index contributed by atoms with van der Waals surface area (Å²) in [7, 11) is 0. The number of aromatic nitrogens is 1. The van der Waals surface area contributed by atoms with Crippen LogP contribution in [0.2, 0.25) is 0 Å². The standard InChI is InChI=1S/C28H26NO3S2.BrH/c1-3-32-24(30)18-23-25(29-16-10-5-11-17-29)28(33-19-22-15-9-8-12-20(22)2)34-27(23)26(31)21-13-6-4-7-14-21;/h4-17H,3,18-19H2,1-2H3;1H/q+1;/p-1. The highest BCUT2D eigenvalue weighted by atomic mass is 79.9. The van der Waals surface area contributed by atoms with E-state index < -0.39 is 0 Å². The molecular weight excluding hydrogens is 542 g/mol. The van der Waals surface area contributed by atoms with Gasteiger partial charge < -0.3 is 21.7 Å². The Morgan fingerprint density at radius 2 is 1.60 bits per heavy atom. The van der Waals surface area contributed by atoms with Gasteiger partial charge in [-0.3, -0.25) is 9.59 Å². The number of carbonyl (C=O) groups excluding carboxylic acids is 2. The maximum atomic E-state index is 13.6. The van der Waals surface area contributed by atoms with Crippen molar-refractivity contribution in [3.63, 3.8) is 0 Å². The minimum Gasteiger partial charge on any atom is -1.00 e. The van der Waals surface area contributed by atoms with E-state index in [0.29, 0.717) is 22.6 Å². The number of thiophene rings is 1. The highest BCUT2D eigenvalue weighted by molar-refractivity contribution is 8.00. The van der Waals surface area contributed by atoms with Gasteiger partial charge in [0, 0.05) is 23.4 Å². The number of benzene rings is 2. The second-order valence-electron chi connectivity index (χ2n) is 7.72. The van der Waals surface area contributed by atoms with Crippen LogP contribution in [0.1, 0.15) is 38.8 Å². The molecular formula is C28H26BrNO3S2. The first-order valence-corrected chi connectivity index (χ1v) is 12.9. The molecule has 0 aliphatic heterocycles. The maximum Gasteiger partial charge on any atom is 0.310 e. The van der Waals surface area contributed by atoms with Crippen molar-refractivity contribution in [2.24, 2.45) is 0 Å². The Labute approximate surface area is 224 Å². The maximum absolute atomic E-state index is 13.6. The Morgan fingerprint density at radius 1 is 0.943 bits per heavy atom. The van der Waals surface area contributed by atoms with E-state index in [1.54, 1.807) is 18.7 Å². The molecule has 35 heavy (non-hydrogen) atoms. The molecule has 2 heterocycles. The fraction of sp³-hybridized carbons (Fsp3) is 0.179. The van der Waals surface area contributed by atoms with Gasteiger partial charge in [0.2, 0.25) is 11.5 Å². The number of aryl methyl sites for hydroxylation is 1. The number of ketones is 1. The molecule has 0 aliphatic carbocycles. The second-order valence-corrected chi connectivity index (χ2v) is 9.99. The molecule has 0 fully saturated rings.